The molecule has 0 saturated heterocycles. The van der Waals surface area contributed by atoms with Crippen molar-refractivity contribution in [1.82, 2.24) is 25.4 Å². The van der Waals surface area contributed by atoms with Gasteiger partial charge in [0.05, 0.1) is 6.20 Å². The lowest BCUT2D eigenvalue weighted by Gasteiger charge is -2.29. The normalized spacial score (nSPS) is 13.8. The highest BCUT2D eigenvalue weighted by atomic mass is 16.2. The van der Waals surface area contributed by atoms with Crippen molar-refractivity contribution in [2.45, 2.75) is 19.4 Å². The van der Waals surface area contributed by atoms with Crippen LogP contribution in [-0.2, 0) is 19.4 Å². The lowest BCUT2D eigenvalue weighted by Crippen LogP contribution is -2.43. The number of H-pyrrole nitrogens is 1. The molecular weight excluding hydrogens is 302 g/mol. The number of nitrogens with zero attached hydrogens (tertiary/aromatic N) is 3. The van der Waals surface area contributed by atoms with Crippen molar-refractivity contribution in [2.24, 2.45) is 0 Å². The minimum Gasteiger partial charge on any atom is -0.338 e. The lowest BCUT2D eigenvalue weighted by molar-refractivity contribution is 0.192. The molecular formula is C18H19N5O. The summed E-state index contributed by atoms with van der Waals surface area (Å²) >= 11 is 0. The Labute approximate surface area is 139 Å². The average Bonchev–Trinajstić information content (AvgIpc) is 3.11. The summed E-state index contributed by atoms with van der Waals surface area (Å²) in [5.74, 6) is 0. The molecule has 6 nitrogen and oxygen atoms in total. The van der Waals surface area contributed by atoms with E-state index >= 15 is 0 Å². The molecule has 3 aromatic rings. The summed E-state index contributed by atoms with van der Waals surface area (Å²) in [4.78, 5) is 18.6. The summed E-state index contributed by atoms with van der Waals surface area (Å²) in [6.45, 7) is 1.96. The third-order valence-electron chi connectivity index (χ3n) is 4.49. The Balaban J connectivity index is 1.38. The second-order valence-electron chi connectivity index (χ2n) is 6.03. The van der Waals surface area contributed by atoms with Gasteiger partial charge in [0.2, 0.25) is 0 Å². The zero-order valence-electron chi connectivity index (χ0n) is 13.3. The molecule has 0 aliphatic carbocycles. The van der Waals surface area contributed by atoms with Crippen LogP contribution in [0.2, 0.25) is 0 Å². The molecule has 1 aliphatic rings. The van der Waals surface area contributed by atoms with Gasteiger partial charge in [0.25, 0.3) is 0 Å². The molecule has 0 bridgehead atoms. The van der Waals surface area contributed by atoms with E-state index in [-0.39, 0.29) is 6.03 Å². The van der Waals surface area contributed by atoms with Gasteiger partial charge in [0, 0.05) is 31.2 Å². The number of carbonyl (C=O) groups excluding carboxylic acids is 1. The molecule has 24 heavy (non-hydrogen) atoms. The molecule has 1 aliphatic heterocycles. The van der Waals surface area contributed by atoms with E-state index in [0.717, 1.165) is 29.4 Å². The fourth-order valence-electron chi connectivity index (χ4n) is 3.20. The Kier molecular flexibility index (Phi) is 3.86. The van der Waals surface area contributed by atoms with Gasteiger partial charge in [-0.05, 0) is 29.5 Å². The van der Waals surface area contributed by atoms with Gasteiger partial charge in [-0.15, -0.1) is 0 Å². The SMILES string of the molecule is O=C(NCCc1ccccc1)N1CCc2c(cnc3[nH]ncc23)C1. The standard InChI is InChI=1S/C18H19N5O/c24-18(19-8-6-13-4-2-1-3-5-13)23-9-7-15-14(12-23)10-20-17-16(15)11-21-22-17/h1-5,10-11H,6-9,12H2,(H,19,24)(H,20,21,22). The maximum Gasteiger partial charge on any atom is 0.317 e. The maximum absolute atomic E-state index is 12.4. The van der Waals surface area contributed by atoms with Gasteiger partial charge in [-0.3, -0.25) is 5.10 Å². The molecule has 3 heterocycles. The molecule has 0 saturated carbocycles. The Bertz CT molecular complexity index is 858. The van der Waals surface area contributed by atoms with E-state index in [4.69, 9.17) is 0 Å². The highest BCUT2D eigenvalue weighted by Gasteiger charge is 2.22. The summed E-state index contributed by atoms with van der Waals surface area (Å²) in [7, 11) is 0. The van der Waals surface area contributed by atoms with Crippen LogP contribution >= 0.6 is 0 Å². The van der Waals surface area contributed by atoms with Gasteiger partial charge < -0.3 is 10.2 Å². The van der Waals surface area contributed by atoms with Gasteiger partial charge >= 0.3 is 6.03 Å². The fraction of sp³-hybridized carbons (Fsp3) is 0.278. The smallest absolute Gasteiger partial charge is 0.317 e. The summed E-state index contributed by atoms with van der Waals surface area (Å²) < 4.78 is 0. The third kappa shape index (κ3) is 2.82. The zero-order chi connectivity index (χ0) is 16.4. The summed E-state index contributed by atoms with van der Waals surface area (Å²) in [6, 6.07) is 10.2. The van der Waals surface area contributed by atoms with E-state index in [9.17, 15) is 4.79 Å². The minimum atomic E-state index is -0.0103. The number of benzene rings is 1. The van der Waals surface area contributed by atoms with Gasteiger partial charge in [-0.2, -0.15) is 5.10 Å². The minimum absolute atomic E-state index is 0.0103. The molecule has 2 aromatic heterocycles. The van der Waals surface area contributed by atoms with Crippen LogP contribution in [0.15, 0.2) is 42.7 Å². The Morgan fingerprint density at radius 1 is 1.25 bits per heavy atom. The lowest BCUT2D eigenvalue weighted by atomic mass is 9.99. The van der Waals surface area contributed by atoms with Gasteiger partial charge in [-0.1, -0.05) is 30.3 Å². The number of aromatic nitrogens is 3. The number of rotatable bonds is 3. The average molecular weight is 321 g/mol. The summed E-state index contributed by atoms with van der Waals surface area (Å²) in [6.07, 6.45) is 5.34. The molecule has 4 rings (SSSR count). The maximum atomic E-state index is 12.4. The summed E-state index contributed by atoms with van der Waals surface area (Å²) in [5.41, 5.74) is 4.40. The van der Waals surface area contributed by atoms with Crippen LogP contribution < -0.4 is 5.32 Å². The van der Waals surface area contributed by atoms with E-state index in [2.05, 4.69) is 32.6 Å². The van der Waals surface area contributed by atoms with Crippen LogP contribution in [0.4, 0.5) is 4.79 Å². The summed E-state index contributed by atoms with van der Waals surface area (Å²) in [5, 5.41) is 11.0. The van der Waals surface area contributed by atoms with E-state index < -0.39 is 0 Å². The van der Waals surface area contributed by atoms with Crippen molar-refractivity contribution < 1.29 is 4.79 Å². The zero-order valence-corrected chi connectivity index (χ0v) is 13.3. The van der Waals surface area contributed by atoms with E-state index in [1.807, 2.05) is 35.5 Å². The molecule has 0 fully saturated rings. The Morgan fingerprint density at radius 3 is 3.00 bits per heavy atom. The molecule has 0 atom stereocenters. The number of pyridine rings is 1. The Hall–Kier alpha value is -2.89. The van der Waals surface area contributed by atoms with E-state index in [0.29, 0.717) is 19.6 Å². The van der Waals surface area contributed by atoms with Gasteiger partial charge in [-0.25, -0.2) is 9.78 Å². The quantitative estimate of drug-likeness (QED) is 0.777. The van der Waals surface area contributed by atoms with Crippen LogP contribution in [-0.4, -0.2) is 39.2 Å². The number of hydrogen-bond donors (Lipinski definition) is 2. The first kappa shape index (κ1) is 14.7. The van der Waals surface area contributed by atoms with Crippen molar-refractivity contribution in [3.05, 3.63) is 59.4 Å². The Morgan fingerprint density at radius 2 is 2.12 bits per heavy atom. The van der Waals surface area contributed by atoms with Crippen molar-refractivity contribution in [3.63, 3.8) is 0 Å². The van der Waals surface area contributed by atoms with Crippen molar-refractivity contribution in [2.75, 3.05) is 13.1 Å². The third-order valence-corrected chi connectivity index (χ3v) is 4.49. The van der Waals surface area contributed by atoms with Crippen molar-refractivity contribution in [3.8, 4) is 0 Å². The molecule has 0 unspecified atom stereocenters. The molecule has 1 aromatic carbocycles. The number of nitrogens with one attached hydrogen (secondary N) is 2. The first-order valence-corrected chi connectivity index (χ1v) is 8.18. The predicted molar refractivity (Wildman–Crippen MR) is 91.5 cm³/mol. The molecule has 122 valence electrons. The molecule has 0 spiro atoms. The number of fused-ring (bicyclic) bond motifs is 3. The largest absolute Gasteiger partial charge is 0.338 e. The molecule has 2 amide bonds. The number of amides is 2. The van der Waals surface area contributed by atoms with Gasteiger partial charge in [0.15, 0.2) is 5.65 Å². The van der Waals surface area contributed by atoms with Crippen LogP contribution in [0.5, 0.6) is 0 Å². The number of aromatic amines is 1. The second-order valence-corrected chi connectivity index (χ2v) is 6.03. The molecule has 0 radical (unpaired) electrons. The predicted octanol–water partition coefficient (Wildman–Crippen LogP) is 2.27. The second kappa shape index (κ2) is 6.31. The monoisotopic (exact) mass is 321 g/mol. The highest BCUT2D eigenvalue weighted by molar-refractivity contribution is 5.80. The molecule has 6 heteroatoms. The first-order valence-electron chi connectivity index (χ1n) is 8.18. The first-order chi connectivity index (χ1) is 11.8. The fourth-order valence-corrected chi connectivity index (χ4v) is 3.20. The van der Waals surface area contributed by atoms with Crippen molar-refractivity contribution in [1.29, 1.82) is 0 Å². The number of urea groups is 1. The van der Waals surface area contributed by atoms with Crippen LogP contribution in [0, 0.1) is 0 Å². The number of hydrogen-bond acceptors (Lipinski definition) is 3. The highest BCUT2D eigenvalue weighted by Crippen LogP contribution is 2.24. The van der Waals surface area contributed by atoms with Gasteiger partial charge in [0.1, 0.15) is 0 Å². The van der Waals surface area contributed by atoms with E-state index in [1.165, 1.54) is 11.1 Å². The van der Waals surface area contributed by atoms with Crippen LogP contribution in [0.3, 0.4) is 0 Å². The van der Waals surface area contributed by atoms with Crippen molar-refractivity contribution >= 4 is 17.1 Å². The van der Waals surface area contributed by atoms with Crippen LogP contribution in [0.1, 0.15) is 16.7 Å². The van der Waals surface area contributed by atoms with E-state index in [1.54, 1.807) is 0 Å². The van der Waals surface area contributed by atoms with Crippen LogP contribution in [0.25, 0.3) is 11.0 Å². The topological polar surface area (TPSA) is 73.9 Å². The molecule has 2 N–H and O–H groups in total. The number of carbonyl (C=O) groups is 1.